The molecule has 3 rings (SSSR count). The van der Waals surface area contributed by atoms with E-state index in [2.05, 4.69) is 10.1 Å². The zero-order valence-electron chi connectivity index (χ0n) is 18.0. The number of rotatable bonds is 7. The van der Waals surface area contributed by atoms with E-state index in [1.165, 1.54) is 37.4 Å². The molecule has 0 atom stereocenters. The SMILES string of the molecule is COC(=O)c1cc(F)c(C(=N)c2c(F)cccc2NCc2ccccc2C(F)(F)F)cc1OC. The van der Waals surface area contributed by atoms with Crippen molar-refractivity contribution in [3.8, 4) is 5.75 Å². The second-order valence-corrected chi connectivity index (χ2v) is 7.07. The highest BCUT2D eigenvalue weighted by molar-refractivity contribution is 6.15. The lowest BCUT2D eigenvalue weighted by Gasteiger charge is -2.17. The molecule has 0 fully saturated rings. The summed E-state index contributed by atoms with van der Waals surface area (Å²) in [5.41, 5.74) is -2.53. The van der Waals surface area contributed by atoms with Gasteiger partial charge < -0.3 is 14.8 Å². The topological polar surface area (TPSA) is 71.4 Å². The Labute approximate surface area is 191 Å². The van der Waals surface area contributed by atoms with Gasteiger partial charge >= 0.3 is 12.1 Å². The summed E-state index contributed by atoms with van der Waals surface area (Å²) in [6, 6.07) is 10.5. The third kappa shape index (κ3) is 5.00. The van der Waals surface area contributed by atoms with Crippen LogP contribution in [0.4, 0.5) is 27.6 Å². The van der Waals surface area contributed by atoms with Gasteiger partial charge in [0.25, 0.3) is 0 Å². The molecule has 178 valence electrons. The maximum Gasteiger partial charge on any atom is 0.416 e. The highest BCUT2D eigenvalue weighted by atomic mass is 19.4. The first-order valence-electron chi connectivity index (χ1n) is 9.81. The fourth-order valence-electron chi connectivity index (χ4n) is 3.38. The van der Waals surface area contributed by atoms with E-state index in [0.29, 0.717) is 0 Å². The Bertz CT molecular complexity index is 1240. The number of carbonyl (C=O) groups excluding carboxylic acids is 1. The highest BCUT2D eigenvalue weighted by Gasteiger charge is 2.33. The normalized spacial score (nSPS) is 11.1. The van der Waals surface area contributed by atoms with E-state index in [-0.39, 0.29) is 40.2 Å². The Kier molecular flexibility index (Phi) is 7.19. The van der Waals surface area contributed by atoms with Crippen molar-refractivity contribution in [2.75, 3.05) is 19.5 Å². The van der Waals surface area contributed by atoms with Crippen LogP contribution in [0.1, 0.15) is 32.6 Å². The molecule has 0 unspecified atom stereocenters. The second kappa shape index (κ2) is 9.90. The molecule has 3 aromatic carbocycles. The van der Waals surface area contributed by atoms with E-state index in [1.807, 2.05) is 0 Å². The number of hydrogen-bond acceptors (Lipinski definition) is 5. The van der Waals surface area contributed by atoms with Crippen LogP contribution >= 0.6 is 0 Å². The molecule has 0 saturated heterocycles. The maximum atomic E-state index is 14.8. The molecule has 5 nitrogen and oxygen atoms in total. The highest BCUT2D eigenvalue weighted by Crippen LogP contribution is 2.33. The minimum Gasteiger partial charge on any atom is -0.496 e. The van der Waals surface area contributed by atoms with Gasteiger partial charge in [-0.15, -0.1) is 0 Å². The third-order valence-corrected chi connectivity index (χ3v) is 5.02. The number of esters is 1. The summed E-state index contributed by atoms with van der Waals surface area (Å²) in [5.74, 6) is -2.87. The van der Waals surface area contributed by atoms with Crippen molar-refractivity contribution in [3.63, 3.8) is 0 Å². The van der Waals surface area contributed by atoms with Gasteiger partial charge in [0.05, 0.1) is 31.1 Å². The van der Waals surface area contributed by atoms with E-state index in [0.717, 1.165) is 31.4 Å². The van der Waals surface area contributed by atoms with E-state index in [9.17, 15) is 26.7 Å². The van der Waals surface area contributed by atoms with Crippen molar-refractivity contribution in [3.05, 3.63) is 94.0 Å². The number of methoxy groups -OCH3 is 2. The Balaban J connectivity index is 2.00. The summed E-state index contributed by atoms with van der Waals surface area (Å²) < 4.78 is 79.1. The molecule has 0 saturated carbocycles. The van der Waals surface area contributed by atoms with Crippen LogP contribution in [0.15, 0.2) is 54.6 Å². The van der Waals surface area contributed by atoms with Crippen molar-refractivity contribution in [2.45, 2.75) is 12.7 Å². The second-order valence-electron chi connectivity index (χ2n) is 7.07. The van der Waals surface area contributed by atoms with Gasteiger partial charge in [-0.25, -0.2) is 13.6 Å². The average Bonchev–Trinajstić information content (AvgIpc) is 2.81. The minimum absolute atomic E-state index is 0.0163. The molecule has 0 amide bonds. The van der Waals surface area contributed by atoms with E-state index < -0.39 is 35.1 Å². The first-order valence-corrected chi connectivity index (χ1v) is 9.81. The lowest BCUT2D eigenvalue weighted by atomic mass is 9.97. The van der Waals surface area contributed by atoms with Gasteiger partial charge in [-0.3, -0.25) is 5.41 Å². The molecular formula is C24H19F5N2O3. The van der Waals surface area contributed by atoms with Crippen LogP contribution in [0.5, 0.6) is 5.75 Å². The number of nitrogens with one attached hydrogen (secondary N) is 2. The lowest BCUT2D eigenvalue weighted by Crippen LogP contribution is -2.15. The monoisotopic (exact) mass is 478 g/mol. The van der Waals surface area contributed by atoms with Crippen LogP contribution < -0.4 is 10.1 Å². The Morgan fingerprint density at radius 2 is 1.68 bits per heavy atom. The predicted molar refractivity (Wildman–Crippen MR) is 115 cm³/mol. The van der Waals surface area contributed by atoms with Gasteiger partial charge in [-0.05, 0) is 35.9 Å². The summed E-state index contributed by atoms with van der Waals surface area (Å²) >= 11 is 0. The average molecular weight is 478 g/mol. The quantitative estimate of drug-likeness (QED) is 0.256. The van der Waals surface area contributed by atoms with E-state index >= 15 is 0 Å². The van der Waals surface area contributed by atoms with E-state index in [4.69, 9.17) is 10.1 Å². The Morgan fingerprint density at radius 3 is 2.32 bits per heavy atom. The van der Waals surface area contributed by atoms with Crippen LogP contribution in [0.2, 0.25) is 0 Å². The molecule has 0 spiro atoms. The molecule has 0 radical (unpaired) electrons. The number of ether oxygens (including phenoxy) is 2. The van der Waals surface area contributed by atoms with Crippen molar-refractivity contribution in [1.29, 1.82) is 5.41 Å². The van der Waals surface area contributed by atoms with Crippen LogP contribution in [0.25, 0.3) is 0 Å². The summed E-state index contributed by atoms with van der Waals surface area (Å²) in [6.45, 7) is -0.327. The fraction of sp³-hybridized carbons (Fsp3) is 0.167. The van der Waals surface area contributed by atoms with Crippen molar-refractivity contribution in [1.82, 2.24) is 0 Å². The number of alkyl halides is 3. The third-order valence-electron chi connectivity index (χ3n) is 5.02. The van der Waals surface area contributed by atoms with Gasteiger partial charge in [0.15, 0.2) is 0 Å². The van der Waals surface area contributed by atoms with Gasteiger partial charge in [-0.1, -0.05) is 24.3 Å². The summed E-state index contributed by atoms with van der Waals surface area (Å²) in [5, 5.41) is 11.2. The molecule has 0 aliphatic carbocycles. The zero-order valence-corrected chi connectivity index (χ0v) is 18.0. The number of anilines is 1. The summed E-state index contributed by atoms with van der Waals surface area (Å²) in [6.07, 6.45) is -4.59. The van der Waals surface area contributed by atoms with Crippen LogP contribution in [-0.4, -0.2) is 25.9 Å². The molecule has 2 N–H and O–H groups in total. The molecular weight excluding hydrogens is 459 g/mol. The van der Waals surface area contributed by atoms with Gasteiger partial charge in [0, 0.05) is 17.8 Å². The number of hydrogen-bond donors (Lipinski definition) is 2. The van der Waals surface area contributed by atoms with Crippen molar-refractivity contribution < 1.29 is 36.2 Å². The molecule has 3 aromatic rings. The van der Waals surface area contributed by atoms with Gasteiger partial charge in [-0.2, -0.15) is 13.2 Å². The molecule has 0 aliphatic heterocycles. The number of benzene rings is 3. The van der Waals surface area contributed by atoms with Crippen LogP contribution in [-0.2, 0) is 17.5 Å². The zero-order chi connectivity index (χ0) is 25.0. The number of carbonyl (C=O) groups is 1. The minimum atomic E-state index is -4.59. The first kappa shape index (κ1) is 24.7. The number of halogens is 5. The van der Waals surface area contributed by atoms with Gasteiger partial charge in [0.2, 0.25) is 0 Å². The first-order chi connectivity index (χ1) is 16.1. The van der Waals surface area contributed by atoms with Crippen LogP contribution in [0, 0.1) is 17.0 Å². The predicted octanol–water partition coefficient (Wildman–Crippen LogP) is 5.81. The van der Waals surface area contributed by atoms with Crippen molar-refractivity contribution in [2.24, 2.45) is 0 Å². The molecule has 34 heavy (non-hydrogen) atoms. The molecule has 0 aliphatic rings. The summed E-state index contributed by atoms with van der Waals surface area (Å²) in [7, 11) is 2.32. The largest absolute Gasteiger partial charge is 0.496 e. The smallest absolute Gasteiger partial charge is 0.416 e. The standard InChI is InChI=1S/C24H19F5N2O3/c1-33-20-11-14(18(26)10-15(20)23(32)34-2)22(30)21-17(25)8-5-9-19(21)31-12-13-6-3-4-7-16(13)24(27,28)29/h3-11,30-31H,12H2,1-2H3. The molecule has 0 bridgehead atoms. The maximum absolute atomic E-state index is 14.8. The Morgan fingerprint density at radius 1 is 0.971 bits per heavy atom. The summed E-state index contributed by atoms with van der Waals surface area (Å²) in [4.78, 5) is 11.9. The molecule has 0 aromatic heterocycles. The van der Waals surface area contributed by atoms with Crippen molar-refractivity contribution >= 4 is 17.4 Å². The molecule has 10 heteroatoms. The lowest BCUT2D eigenvalue weighted by molar-refractivity contribution is -0.138. The van der Waals surface area contributed by atoms with Gasteiger partial charge in [0.1, 0.15) is 22.9 Å². The fourth-order valence-corrected chi connectivity index (χ4v) is 3.38. The Hall–Kier alpha value is -3.95. The molecule has 0 heterocycles. The van der Waals surface area contributed by atoms with E-state index in [1.54, 1.807) is 0 Å². The van der Waals surface area contributed by atoms with Crippen LogP contribution in [0.3, 0.4) is 0 Å².